The van der Waals surface area contributed by atoms with Crippen molar-refractivity contribution in [2.45, 2.75) is 280 Å². The third-order valence-corrected chi connectivity index (χ3v) is 18.2. The molecule has 0 aromatic heterocycles. The molecule has 8 saturated heterocycles. The van der Waals surface area contributed by atoms with Crippen LogP contribution in [0.4, 0.5) is 0 Å². The lowest BCUT2D eigenvalue weighted by Gasteiger charge is -2.51. The molecule has 0 aromatic carbocycles. The Kier molecular flexibility index (Phi) is 29.3. The zero-order valence-electron chi connectivity index (χ0n) is 54.2. The van der Waals surface area contributed by atoms with Crippen molar-refractivity contribution in [2.24, 2.45) is 0 Å². The number of aliphatic hydroxyl groups is 21. The van der Waals surface area contributed by atoms with Crippen LogP contribution in [0.2, 0.25) is 0 Å². The minimum atomic E-state index is -2.50. The SMILES string of the molecule is CC(=O)N[C@@H]1[C@@H](O)[C@H](O[C@H]2O[C@H](CO)[C@@H](O[C@@H]3O[C@H](CO[C@H]4O[C@H](CO)[C@@H](O)[C@H](O)[C@@H]4O[C@@H]4O[C@H](CO)[C@@H](O)[C@H](O)[C@H]4NC(C)=O)[C@@H](O)[C@H](O[C@H]4O[C@H](CO)[C@@H](O)[C@H](O)[C@@H]4O[C@@H]4O[C@H](CO)[C@@H](O)[C@H](O)[C@H]4NC(C)=O)[C@@H]3O)[C@H](O)[C@H]2NC(C)=O)[C@@H](CO[C@H]2O[C@@H](C)[C@@H](O)[C@@H](O)[C@@H]2O)O[C@H]1O. The van der Waals surface area contributed by atoms with Crippen molar-refractivity contribution in [3.05, 3.63) is 0 Å². The van der Waals surface area contributed by atoms with E-state index in [-0.39, 0.29) is 0 Å². The molecule has 40 atom stereocenters. The van der Waals surface area contributed by atoms with Gasteiger partial charge in [0, 0.05) is 27.7 Å². The Morgan fingerprint density at radius 2 is 0.620 bits per heavy atom. The van der Waals surface area contributed by atoms with Crippen LogP contribution in [0, 0.1) is 0 Å². The van der Waals surface area contributed by atoms with Crippen LogP contribution in [0.5, 0.6) is 0 Å². The second-order valence-electron chi connectivity index (χ2n) is 25.4. The monoisotopic (exact) mass is 1460 g/mol. The summed E-state index contributed by atoms with van der Waals surface area (Å²) in [6, 6.07) is -7.10. The quantitative estimate of drug-likeness (QED) is 0.0404. The van der Waals surface area contributed by atoms with E-state index < -0.39 is 315 Å². The molecule has 0 aliphatic carbocycles. The van der Waals surface area contributed by atoms with Crippen molar-refractivity contribution in [3.63, 3.8) is 0 Å². The van der Waals surface area contributed by atoms with E-state index in [0.717, 1.165) is 27.7 Å². The van der Waals surface area contributed by atoms with Gasteiger partial charge in [-0.15, -0.1) is 0 Å². The maximum atomic E-state index is 13.1. The maximum absolute atomic E-state index is 13.1. The molecule has 44 nitrogen and oxygen atoms in total. The van der Waals surface area contributed by atoms with Crippen LogP contribution in [0.3, 0.4) is 0 Å². The summed E-state index contributed by atoms with van der Waals surface area (Å²) in [5.41, 5.74) is 0. The van der Waals surface area contributed by atoms with Gasteiger partial charge in [0.1, 0.15) is 189 Å². The van der Waals surface area contributed by atoms with Gasteiger partial charge in [0.15, 0.2) is 50.3 Å². The second-order valence-corrected chi connectivity index (χ2v) is 25.4. The molecule has 0 aromatic rings. The summed E-state index contributed by atoms with van der Waals surface area (Å²) in [6.45, 7) is -1.92. The average molecular weight is 1460 g/mol. The number of carbonyl (C=O) groups excluding carboxylic acids is 4. The van der Waals surface area contributed by atoms with Crippen LogP contribution in [0.1, 0.15) is 34.6 Å². The Morgan fingerprint density at radius 3 is 1.09 bits per heavy atom. The number of amides is 4. The summed E-state index contributed by atoms with van der Waals surface area (Å²) in [5, 5.41) is 242. The summed E-state index contributed by atoms with van der Waals surface area (Å²) in [6.07, 6.45) is -71.6. The fourth-order valence-electron chi connectivity index (χ4n) is 12.8. The molecular weight excluding hydrogens is 1370 g/mol. The van der Waals surface area contributed by atoms with Gasteiger partial charge >= 0.3 is 0 Å². The van der Waals surface area contributed by atoms with Gasteiger partial charge in [-0.05, 0) is 6.92 Å². The van der Waals surface area contributed by atoms with Crippen LogP contribution in [0.25, 0.3) is 0 Å². The number of rotatable bonds is 25. The molecule has 8 aliphatic heterocycles. The third kappa shape index (κ3) is 18.3. The van der Waals surface area contributed by atoms with Crippen LogP contribution in [0.15, 0.2) is 0 Å². The van der Waals surface area contributed by atoms with Gasteiger partial charge in [-0.3, -0.25) is 19.2 Å². The molecule has 0 spiro atoms. The van der Waals surface area contributed by atoms with Crippen molar-refractivity contribution in [3.8, 4) is 0 Å². The zero-order valence-corrected chi connectivity index (χ0v) is 54.2. The zero-order chi connectivity index (χ0) is 73.8. The molecule has 8 rings (SSSR count). The largest absolute Gasteiger partial charge is 0.394 e. The highest BCUT2D eigenvalue weighted by Gasteiger charge is 2.60. The molecule has 25 N–H and O–H groups in total. The fourth-order valence-corrected chi connectivity index (χ4v) is 12.8. The number of hydrogen-bond acceptors (Lipinski definition) is 40. The first-order valence-corrected chi connectivity index (χ1v) is 32.0. The van der Waals surface area contributed by atoms with E-state index in [1.807, 2.05) is 0 Å². The lowest BCUT2D eigenvalue weighted by atomic mass is 9.93. The third-order valence-electron chi connectivity index (χ3n) is 18.2. The van der Waals surface area contributed by atoms with E-state index in [1.165, 1.54) is 6.92 Å². The van der Waals surface area contributed by atoms with E-state index in [2.05, 4.69) is 21.3 Å². The first-order valence-electron chi connectivity index (χ1n) is 32.0. The topological polar surface area (TPSA) is 680 Å². The van der Waals surface area contributed by atoms with Gasteiger partial charge in [0.2, 0.25) is 23.6 Å². The Labute approximate surface area is 567 Å². The Bertz CT molecular complexity index is 2620. The molecule has 8 heterocycles. The molecule has 0 unspecified atom stereocenters. The fraction of sp³-hybridized carbons (Fsp3) is 0.929. The van der Waals surface area contributed by atoms with E-state index in [0.29, 0.717) is 0 Å². The lowest BCUT2D eigenvalue weighted by Crippen LogP contribution is -2.71. The van der Waals surface area contributed by atoms with Crippen molar-refractivity contribution in [1.82, 2.24) is 21.3 Å². The highest BCUT2D eigenvalue weighted by molar-refractivity contribution is 5.74. The van der Waals surface area contributed by atoms with Gasteiger partial charge in [-0.25, -0.2) is 0 Å². The first-order chi connectivity index (χ1) is 47.2. The first kappa shape index (κ1) is 82.1. The van der Waals surface area contributed by atoms with Gasteiger partial charge in [0.25, 0.3) is 0 Å². The normalized spacial score (nSPS) is 48.7. The van der Waals surface area contributed by atoms with Gasteiger partial charge in [-0.1, -0.05) is 0 Å². The van der Waals surface area contributed by atoms with E-state index in [9.17, 15) is 126 Å². The Balaban J connectivity index is 1.14. The van der Waals surface area contributed by atoms with Gasteiger partial charge in [0.05, 0.1) is 52.4 Å². The summed E-state index contributed by atoms with van der Waals surface area (Å²) in [7, 11) is 0. The molecule has 4 amide bonds. The molecule has 8 aliphatic rings. The summed E-state index contributed by atoms with van der Waals surface area (Å²) >= 11 is 0. The number of nitrogens with one attached hydrogen (secondary N) is 4. The molecular formula is C56H94N4O40. The number of ether oxygens (including phenoxy) is 15. The predicted molar refractivity (Wildman–Crippen MR) is 309 cm³/mol. The van der Waals surface area contributed by atoms with E-state index in [4.69, 9.17) is 71.1 Å². The van der Waals surface area contributed by atoms with Gasteiger partial charge in [-0.2, -0.15) is 0 Å². The van der Waals surface area contributed by atoms with E-state index >= 15 is 0 Å². The van der Waals surface area contributed by atoms with Crippen LogP contribution in [-0.4, -0.2) is 423 Å². The molecule has 0 radical (unpaired) electrons. The molecule has 8 fully saturated rings. The number of hydrogen-bond donors (Lipinski definition) is 25. The smallest absolute Gasteiger partial charge is 0.217 e. The van der Waals surface area contributed by atoms with Gasteiger partial charge < -0.3 is 200 Å². The molecule has 578 valence electrons. The summed E-state index contributed by atoms with van der Waals surface area (Å²) in [5.74, 6) is -3.42. The molecule has 0 bridgehead atoms. The highest BCUT2D eigenvalue weighted by atomic mass is 16.8. The minimum absolute atomic E-state index is 0.809. The van der Waals surface area contributed by atoms with Crippen molar-refractivity contribution >= 4 is 23.6 Å². The van der Waals surface area contributed by atoms with Crippen LogP contribution < -0.4 is 21.3 Å². The molecule has 100 heavy (non-hydrogen) atoms. The van der Waals surface area contributed by atoms with E-state index in [1.54, 1.807) is 0 Å². The Hall–Kier alpha value is -3.56. The molecule has 0 saturated carbocycles. The van der Waals surface area contributed by atoms with Crippen LogP contribution in [-0.2, 0) is 90.2 Å². The summed E-state index contributed by atoms with van der Waals surface area (Å²) in [4.78, 5) is 50.2. The lowest BCUT2D eigenvalue weighted by molar-refractivity contribution is -0.396. The van der Waals surface area contributed by atoms with Crippen molar-refractivity contribution in [2.75, 3.05) is 46.2 Å². The van der Waals surface area contributed by atoms with Crippen LogP contribution >= 0.6 is 0 Å². The number of carbonyl (C=O) groups is 4. The maximum Gasteiger partial charge on any atom is 0.217 e. The number of aliphatic hydroxyl groups excluding tert-OH is 21. The highest BCUT2D eigenvalue weighted by Crippen LogP contribution is 2.38. The molecule has 44 heteroatoms. The second kappa shape index (κ2) is 35.7. The minimum Gasteiger partial charge on any atom is -0.394 e. The predicted octanol–water partition coefficient (Wildman–Crippen LogP) is -16.8. The van der Waals surface area contributed by atoms with Crippen molar-refractivity contribution in [1.29, 1.82) is 0 Å². The Morgan fingerprint density at radius 1 is 0.280 bits per heavy atom. The summed E-state index contributed by atoms with van der Waals surface area (Å²) < 4.78 is 88.8. The van der Waals surface area contributed by atoms with Crippen molar-refractivity contribution < 1.29 is 197 Å². The standard InChI is InChI=1S/C56H94N4O40/c1-13-29(70)39(80)42(83)53(88-13)86-12-24-45(37(78)25(49(85)89-24)57-14(2)66)96-52-28(60-17(5)69)38(79)44(22(10-65)94-52)97-54-43(84)46(98-56-48(41(82)33(74)21(9-64)93-56)100-51-27(59-16(4)68)36(77)31(72)19(7-62)91-51)34(75)23(95-54)11-87-55-47(40(81)32(73)20(8-63)92-55)99-50-26(58-15(3)67)35(76)30(71)18(6-61)90-50/h13,18-56,61-65,70-85H,6-12H2,1-5H3,(H,57,66)(H,58,67)(H,59,68)(H,60,69)/t13-,18+,19+,20+,21+,22+,23+,24+,25+,26+,27+,28+,29+,30+,31+,32+,33+,34+,35+,36+,37+,38+,39+,40-,41-,42-,43-,44+,45+,46-,47-,48-,49+,50-,51-,52+,53-,54-,55-,56+/m0/s1. The average Bonchev–Trinajstić information content (AvgIpc) is 0.770.